The molecule has 6 nitrogen and oxygen atoms in total. The third kappa shape index (κ3) is 5.06. The Morgan fingerprint density at radius 3 is 2.42 bits per heavy atom. The molecule has 0 saturated carbocycles. The summed E-state index contributed by atoms with van der Waals surface area (Å²) in [6, 6.07) is 15.5. The number of nitrogens with one attached hydrogen (secondary N) is 1. The smallest absolute Gasteiger partial charge is 0.259 e. The molecule has 3 amide bonds. The minimum atomic E-state index is -0.728. The maximum Gasteiger partial charge on any atom is 0.259 e. The van der Waals surface area contributed by atoms with Crippen LogP contribution in [0.1, 0.15) is 49.5 Å². The Balaban J connectivity index is 1.67. The van der Waals surface area contributed by atoms with Crippen molar-refractivity contribution in [3.8, 4) is 0 Å². The fraction of sp³-hybridized carbons (Fsp3) is 0.321. The van der Waals surface area contributed by atoms with Crippen molar-refractivity contribution in [2.75, 3.05) is 11.4 Å². The highest BCUT2D eigenvalue weighted by atomic mass is 35.5. The van der Waals surface area contributed by atoms with Gasteiger partial charge >= 0.3 is 0 Å². The second kappa shape index (κ2) is 10.9. The summed E-state index contributed by atoms with van der Waals surface area (Å²) in [7, 11) is 0. The van der Waals surface area contributed by atoms with E-state index in [1.54, 1.807) is 24.3 Å². The Kier molecular flexibility index (Phi) is 7.86. The Morgan fingerprint density at radius 1 is 1.03 bits per heavy atom. The van der Waals surface area contributed by atoms with Crippen molar-refractivity contribution < 1.29 is 14.4 Å². The summed E-state index contributed by atoms with van der Waals surface area (Å²) in [6.07, 6.45) is 1.17. The van der Waals surface area contributed by atoms with E-state index >= 15 is 0 Å². The summed E-state index contributed by atoms with van der Waals surface area (Å²) < 4.78 is 0. The van der Waals surface area contributed by atoms with Gasteiger partial charge in [-0.05, 0) is 55.0 Å². The van der Waals surface area contributed by atoms with Crippen molar-refractivity contribution in [1.29, 1.82) is 0 Å². The van der Waals surface area contributed by atoms with Gasteiger partial charge in [-0.1, -0.05) is 67.4 Å². The van der Waals surface area contributed by atoms with Crippen LogP contribution in [0.4, 0.5) is 5.69 Å². The van der Waals surface area contributed by atoms with Crippen molar-refractivity contribution >= 4 is 57.4 Å². The molecular weight excluding hydrogens is 497 g/mol. The van der Waals surface area contributed by atoms with Gasteiger partial charge in [0.1, 0.15) is 12.6 Å². The topological polar surface area (TPSA) is 69.7 Å². The van der Waals surface area contributed by atoms with Crippen LogP contribution >= 0.6 is 23.2 Å². The normalized spacial score (nSPS) is 14.1. The molecule has 36 heavy (non-hydrogen) atoms. The van der Waals surface area contributed by atoms with Gasteiger partial charge < -0.3 is 10.2 Å². The first kappa shape index (κ1) is 26.0. The maximum atomic E-state index is 13.8. The van der Waals surface area contributed by atoms with Gasteiger partial charge in [0, 0.05) is 33.6 Å². The van der Waals surface area contributed by atoms with Gasteiger partial charge in [-0.25, -0.2) is 0 Å². The standard InChI is InChI=1S/C28H29Cl2N3O3/c1-4-17(3)31-27(35)23(5-2)32(15-19-12-13-20(29)14-22(19)30)25(34)16-33-24-11-7-9-18-8-6-10-21(26(18)24)28(33)36/h6-14,17,23H,4-5,15-16H2,1-3H3,(H,31,35)/t17-,23+/m0/s1. The molecule has 3 aromatic rings. The summed E-state index contributed by atoms with van der Waals surface area (Å²) in [5.74, 6) is -0.800. The van der Waals surface area contributed by atoms with Crippen LogP contribution in [0, 0.1) is 0 Å². The van der Waals surface area contributed by atoms with Gasteiger partial charge in [0.2, 0.25) is 11.8 Å². The molecule has 0 aromatic heterocycles. The van der Waals surface area contributed by atoms with Crippen LogP contribution in [0.25, 0.3) is 10.8 Å². The Hall–Kier alpha value is -3.09. The van der Waals surface area contributed by atoms with E-state index in [1.165, 1.54) is 9.80 Å². The van der Waals surface area contributed by atoms with E-state index in [0.29, 0.717) is 33.3 Å². The predicted octanol–water partition coefficient (Wildman–Crippen LogP) is 5.83. The van der Waals surface area contributed by atoms with E-state index in [0.717, 1.165) is 17.2 Å². The summed E-state index contributed by atoms with van der Waals surface area (Å²) in [6.45, 7) is 5.70. The van der Waals surface area contributed by atoms with Crippen molar-refractivity contribution in [2.24, 2.45) is 0 Å². The van der Waals surface area contributed by atoms with Crippen LogP contribution in [-0.2, 0) is 16.1 Å². The molecule has 0 bridgehead atoms. The number of nitrogens with zero attached hydrogens (tertiary/aromatic N) is 2. The van der Waals surface area contributed by atoms with Gasteiger partial charge in [0.15, 0.2) is 0 Å². The zero-order valence-corrected chi connectivity index (χ0v) is 22.1. The SMILES string of the molecule is CC[C@H](C(=O)N[C@@H](C)CC)N(Cc1ccc(Cl)cc1Cl)C(=O)CN1C(=O)c2cccc3cccc1c23. The molecule has 0 aliphatic carbocycles. The van der Waals surface area contributed by atoms with Crippen molar-refractivity contribution in [2.45, 2.75) is 52.2 Å². The van der Waals surface area contributed by atoms with Crippen molar-refractivity contribution in [1.82, 2.24) is 10.2 Å². The zero-order valence-electron chi connectivity index (χ0n) is 20.6. The molecule has 0 saturated heterocycles. The molecule has 1 aliphatic rings. The summed E-state index contributed by atoms with van der Waals surface area (Å²) in [4.78, 5) is 43.3. The van der Waals surface area contributed by atoms with E-state index in [1.807, 2.05) is 51.1 Å². The van der Waals surface area contributed by atoms with E-state index in [2.05, 4.69) is 5.32 Å². The molecule has 1 heterocycles. The van der Waals surface area contributed by atoms with E-state index in [9.17, 15) is 14.4 Å². The molecule has 3 aromatic carbocycles. The summed E-state index contributed by atoms with van der Waals surface area (Å²) in [5, 5.41) is 5.66. The molecular formula is C28H29Cl2N3O3. The molecule has 0 fully saturated rings. The van der Waals surface area contributed by atoms with Gasteiger partial charge in [-0.2, -0.15) is 0 Å². The van der Waals surface area contributed by atoms with Crippen LogP contribution in [0.15, 0.2) is 54.6 Å². The van der Waals surface area contributed by atoms with Crippen molar-refractivity contribution in [3.05, 3.63) is 75.8 Å². The van der Waals surface area contributed by atoms with E-state index < -0.39 is 6.04 Å². The third-order valence-electron chi connectivity index (χ3n) is 6.69. The number of halogens is 2. The Labute approximate surface area is 221 Å². The third-order valence-corrected chi connectivity index (χ3v) is 7.27. The maximum absolute atomic E-state index is 13.8. The first-order valence-corrected chi connectivity index (χ1v) is 12.9. The minimum Gasteiger partial charge on any atom is -0.352 e. The monoisotopic (exact) mass is 525 g/mol. The number of carbonyl (C=O) groups is 3. The quantitative estimate of drug-likeness (QED) is 0.382. The van der Waals surface area contributed by atoms with Gasteiger partial charge in [0.05, 0.1) is 5.69 Å². The second-order valence-electron chi connectivity index (χ2n) is 9.07. The Bertz CT molecular complexity index is 1320. The van der Waals surface area contributed by atoms with Gasteiger partial charge in [0.25, 0.3) is 5.91 Å². The highest BCUT2D eigenvalue weighted by molar-refractivity contribution is 6.35. The second-order valence-corrected chi connectivity index (χ2v) is 9.92. The molecule has 4 rings (SSSR count). The number of hydrogen-bond donors (Lipinski definition) is 1. The minimum absolute atomic E-state index is 0.0325. The number of hydrogen-bond acceptors (Lipinski definition) is 3. The number of rotatable bonds is 9. The van der Waals surface area contributed by atoms with Crippen LogP contribution < -0.4 is 10.2 Å². The lowest BCUT2D eigenvalue weighted by atomic mass is 10.1. The molecule has 0 unspecified atom stereocenters. The molecule has 0 radical (unpaired) electrons. The molecule has 188 valence electrons. The number of amides is 3. The zero-order chi connectivity index (χ0) is 26.0. The van der Waals surface area contributed by atoms with E-state index in [-0.39, 0.29) is 36.9 Å². The number of anilines is 1. The predicted molar refractivity (Wildman–Crippen MR) is 145 cm³/mol. The van der Waals surface area contributed by atoms with Gasteiger partial charge in [-0.3, -0.25) is 19.3 Å². The first-order valence-electron chi connectivity index (χ1n) is 12.1. The summed E-state index contributed by atoms with van der Waals surface area (Å²) >= 11 is 12.5. The van der Waals surface area contributed by atoms with Crippen LogP contribution in [0.2, 0.25) is 10.0 Å². The molecule has 2 atom stereocenters. The molecule has 1 aliphatic heterocycles. The first-order chi connectivity index (χ1) is 17.2. The Morgan fingerprint density at radius 2 is 1.75 bits per heavy atom. The number of benzene rings is 3. The molecule has 1 N–H and O–H groups in total. The lowest BCUT2D eigenvalue weighted by molar-refractivity contribution is -0.140. The fourth-order valence-corrected chi connectivity index (χ4v) is 5.02. The van der Waals surface area contributed by atoms with E-state index in [4.69, 9.17) is 23.2 Å². The highest BCUT2D eigenvalue weighted by Gasteiger charge is 2.35. The molecule has 0 spiro atoms. The highest BCUT2D eigenvalue weighted by Crippen LogP contribution is 2.37. The summed E-state index contributed by atoms with van der Waals surface area (Å²) in [5.41, 5.74) is 1.94. The van der Waals surface area contributed by atoms with Crippen LogP contribution in [-0.4, -0.2) is 41.2 Å². The number of carbonyl (C=O) groups excluding carboxylic acids is 3. The largest absolute Gasteiger partial charge is 0.352 e. The van der Waals surface area contributed by atoms with Crippen LogP contribution in [0.5, 0.6) is 0 Å². The fourth-order valence-electron chi connectivity index (χ4n) is 4.56. The van der Waals surface area contributed by atoms with Crippen molar-refractivity contribution in [3.63, 3.8) is 0 Å². The lowest BCUT2D eigenvalue weighted by Crippen LogP contribution is -2.53. The molecule has 8 heteroatoms. The average molecular weight is 526 g/mol. The lowest BCUT2D eigenvalue weighted by Gasteiger charge is -2.33. The van der Waals surface area contributed by atoms with Gasteiger partial charge in [-0.15, -0.1) is 0 Å². The average Bonchev–Trinajstić information content (AvgIpc) is 3.13. The van der Waals surface area contributed by atoms with Crippen LogP contribution in [0.3, 0.4) is 0 Å².